The van der Waals surface area contributed by atoms with E-state index in [1.165, 1.54) is 6.07 Å². The number of aromatic amines is 1. The molecule has 2 saturated heterocycles. The molecule has 38 heavy (non-hydrogen) atoms. The Morgan fingerprint density at radius 3 is 2.29 bits per heavy atom. The minimum atomic E-state index is -0.205. The van der Waals surface area contributed by atoms with Crippen LogP contribution < -0.4 is 4.74 Å². The summed E-state index contributed by atoms with van der Waals surface area (Å²) >= 11 is 0. The first-order valence-corrected chi connectivity index (χ1v) is 13.4. The van der Waals surface area contributed by atoms with Crippen LogP contribution in [0, 0.1) is 5.82 Å². The largest absolute Gasteiger partial charge is 0.497 e. The molecule has 0 atom stereocenters. The normalized spacial score (nSPS) is 17.2. The summed E-state index contributed by atoms with van der Waals surface area (Å²) in [5.74, 6) is 0.712. The van der Waals surface area contributed by atoms with Crippen molar-refractivity contribution in [2.24, 2.45) is 0 Å². The van der Waals surface area contributed by atoms with Crippen molar-refractivity contribution in [1.29, 1.82) is 0 Å². The zero-order chi connectivity index (χ0) is 26.5. The molecule has 3 aromatic rings. The Labute approximate surface area is 222 Å². The Morgan fingerprint density at radius 1 is 0.895 bits per heavy atom. The number of aryl methyl sites for hydroxylation is 1. The maximum atomic E-state index is 13.6. The molecule has 0 aliphatic carbocycles. The lowest BCUT2D eigenvalue weighted by Crippen LogP contribution is -2.54. The number of benzene rings is 2. The molecule has 0 bridgehead atoms. The molecule has 2 aliphatic rings. The van der Waals surface area contributed by atoms with E-state index in [1.54, 1.807) is 43.5 Å². The van der Waals surface area contributed by atoms with Crippen LogP contribution in [0.5, 0.6) is 5.75 Å². The average molecular weight is 522 g/mol. The van der Waals surface area contributed by atoms with Crippen LogP contribution in [-0.2, 0) is 11.2 Å². The van der Waals surface area contributed by atoms with Crippen LogP contribution in [-0.4, -0.2) is 109 Å². The van der Waals surface area contributed by atoms with Crippen LogP contribution in [0.15, 0.2) is 48.7 Å². The molecule has 0 radical (unpaired) electrons. The van der Waals surface area contributed by atoms with Gasteiger partial charge in [-0.15, -0.1) is 0 Å². The van der Waals surface area contributed by atoms with Crippen LogP contribution >= 0.6 is 0 Å². The van der Waals surface area contributed by atoms with Crippen LogP contribution in [0.4, 0.5) is 4.39 Å². The highest BCUT2D eigenvalue weighted by atomic mass is 19.1. The van der Waals surface area contributed by atoms with Gasteiger partial charge in [0.2, 0.25) is 5.91 Å². The van der Waals surface area contributed by atoms with Crippen molar-refractivity contribution in [3.05, 3.63) is 65.6 Å². The molecule has 5 rings (SSSR count). The molecule has 0 spiro atoms. The number of carbonyl (C=O) groups is 2. The van der Waals surface area contributed by atoms with E-state index in [0.29, 0.717) is 38.3 Å². The van der Waals surface area contributed by atoms with Gasteiger partial charge >= 0.3 is 0 Å². The Morgan fingerprint density at radius 2 is 1.58 bits per heavy atom. The molecule has 9 heteroatoms. The summed E-state index contributed by atoms with van der Waals surface area (Å²) in [6.45, 7) is 7.24. The fraction of sp³-hybridized carbons (Fsp3) is 0.448. The molecule has 1 aromatic heterocycles. The number of halogens is 1. The number of aromatic nitrogens is 1. The fourth-order valence-corrected chi connectivity index (χ4v) is 5.39. The van der Waals surface area contributed by atoms with Crippen LogP contribution in [0.2, 0.25) is 0 Å². The summed E-state index contributed by atoms with van der Waals surface area (Å²) in [5, 5.41) is 0.964. The van der Waals surface area contributed by atoms with E-state index < -0.39 is 0 Å². The lowest BCUT2D eigenvalue weighted by Gasteiger charge is -2.38. The summed E-state index contributed by atoms with van der Waals surface area (Å²) in [4.78, 5) is 37.3. The van der Waals surface area contributed by atoms with Crippen molar-refractivity contribution in [1.82, 2.24) is 24.6 Å². The Hall–Kier alpha value is -3.43. The first-order chi connectivity index (χ1) is 18.5. The lowest BCUT2D eigenvalue weighted by molar-refractivity contribution is -0.134. The molecule has 8 nitrogen and oxygen atoms in total. The van der Waals surface area contributed by atoms with Crippen molar-refractivity contribution >= 4 is 22.7 Å². The summed E-state index contributed by atoms with van der Waals surface area (Å²) in [6, 6.07) is 12.0. The first-order valence-electron chi connectivity index (χ1n) is 13.4. The number of ether oxygens (including phenoxy) is 1. The number of hydrogen-bond donors (Lipinski definition) is 1. The molecule has 202 valence electrons. The number of amides is 2. The average Bonchev–Trinajstić information content (AvgIpc) is 3.35. The minimum Gasteiger partial charge on any atom is -0.497 e. The quantitative estimate of drug-likeness (QED) is 0.494. The third-order valence-corrected chi connectivity index (χ3v) is 7.73. The van der Waals surface area contributed by atoms with E-state index >= 15 is 0 Å². The Balaban J connectivity index is 1.00. The van der Waals surface area contributed by atoms with Gasteiger partial charge in [-0.3, -0.25) is 19.4 Å². The van der Waals surface area contributed by atoms with Gasteiger partial charge in [0.1, 0.15) is 11.6 Å². The van der Waals surface area contributed by atoms with Gasteiger partial charge in [-0.25, -0.2) is 4.39 Å². The van der Waals surface area contributed by atoms with E-state index in [2.05, 4.69) is 14.8 Å². The van der Waals surface area contributed by atoms with Gasteiger partial charge in [0.15, 0.2) is 0 Å². The van der Waals surface area contributed by atoms with E-state index in [-0.39, 0.29) is 17.6 Å². The number of H-pyrrole nitrogens is 1. The molecule has 2 amide bonds. The standard InChI is InChI=1S/C29H36FN5O3/c1-38-25-7-4-22(5-8-25)29(37)35-17-13-33(14-18-35)21-28(36)34-15-11-32(12-16-34)10-2-3-23-20-31-27-9-6-24(30)19-26(23)27/h4-9,19-20,31H,2-3,10-18,21H2,1H3. The molecule has 1 N–H and O–H groups in total. The summed E-state index contributed by atoms with van der Waals surface area (Å²) in [7, 11) is 1.61. The number of methoxy groups -OCH3 is 1. The molecule has 3 heterocycles. The van der Waals surface area contributed by atoms with Crippen LogP contribution in [0.25, 0.3) is 10.9 Å². The highest BCUT2D eigenvalue weighted by molar-refractivity contribution is 5.94. The predicted octanol–water partition coefficient (Wildman–Crippen LogP) is 2.85. The summed E-state index contributed by atoms with van der Waals surface area (Å²) < 4.78 is 18.8. The molecule has 0 saturated carbocycles. The lowest BCUT2D eigenvalue weighted by atomic mass is 10.1. The Bertz CT molecular complexity index is 1240. The zero-order valence-electron chi connectivity index (χ0n) is 22.0. The highest BCUT2D eigenvalue weighted by Crippen LogP contribution is 2.21. The van der Waals surface area contributed by atoms with Crippen molar-refractivity contribution in [3.8, 4) is 5.75 Å². The summed E-state index contributed by atoms with van der Waals surface area (Å²) in [6.07, 6.45) is 3.88. The van der Waals surface area contributed by atoms with E-state index in [1.807, 2.05) is 16.0 Å². The van der Waals surface area contributed by atoms with Crippen molar-refractivity contribution in [2.75, 3.05) is 72.6 Å². The second kappa shape index (κ2) is 12.0. The zero-order valence-corrected chi connectivity index (χ0v) is 22.0. The third-order valence-electron chi connectivity index (χ3n) is 7.73. The number of rotatable bonds is 8. The van der Waals surface area contributed by atoms with Crippen LogP contribution in [0.1, 0.15) is 22.3 Å². The number of nitrogens with one attached hydrogen (secondary N) is 1. The molecular formula is C29H36FN5O3. The SMILES string of the molecule is COc1ccc(C(=O)N2CCN(CC(=O)N3CCN(CCCc4c[nH]c5ccc(F)cc45)CC3)CC2)cc1. The van der Waals surface area contributed by atoms with Crippen molar-refractivity contribution in [3.63, 3.8) is 0 Å². The highest BCUT2D eigenvalue weighted by Gasteiger charge is 2.26. The third kappa shape index (κ3) is 6.16. The topological polar surface area (TPSA) is 72.1 Å². The first kappa shape index (κ1) is 26.2. The summed E-state index contributed by atoms with van der Waals surface area (Å²) in [5.41, 5.74) is 2.78. The van der Waals surface area contributed by atoms with Gasteiger partial charge in [0.05, 0.1) is 13.7 Å². The van der Waals surface area contributed by atoms with Crippen LogP contribution in [0.3, 0.4) is 0 Å². The molecule has 0 unspecified atom stereocenters. The maximum absolute atomic E-state index is 13.6. The Kier molecular flexibility index (Phi) is 8.24. The second-order valence-electron chi connectivity index (χ2n) is 10.1. The van der Waals surface area contributed by atoms with Gasteiger partial charge in [-0.05, 0) is 67.4 Å². The second-order valence-corrected chi connectivity index (χ2v) is 10.1. The van der Waals surface area contributed by atoms with Crippen molar-refractivity contribution in [2.45, 2.75) is 12.8 Å². The molecule has 2 fully saturated rings. The van der Waals surface area contributed by atoms with E-state index in [4.69, 9.17) is 4.74 Å². The van der Waals surface area contributed by atoms with E-state index in [9.17, 15) is 14.0 Å². The van der Waals surface area contributed by atoms with Gasteiger partial charge in [0.25, 0.3) is 5.91 Å². The number of nitrogens with zero attached hydrogens (tertiary/aromatic N) is 4. The van der Waals surface area contributed by atoms with E-state index in [0.717, 1.165) is 67.8 Å². The fourth-order valence-electron chi connectivity index (χ4n) is 5.39. The molecular weight excluding hydrogens is 485 g/mol. The molecule has 2 aliphatic heterocycles. The smallest absolute Gasteiger partial charge is 0.253 e. The molecule has 2 aromatic carbocycles. The van der Waals surface area contributed by atoms with Gasteiger partial charge in [-0.2, -0.15) is 0 Å². The number of piperazine rings is 2. The number of carbonyl (C=O) groups excluding carboxylic acids is 2. The van der Waals surface area contributed by atoms with Gasteiger partial charge in [-0.1, -0.05) is 0 Å². The number of hydrogen-bond acceptors (Lipinski definition) is 5. The predicted molar refractivity (Wildman–Crippen MR) is 145 cm³/mol. The monoisotopic (exact) mass is 521 g/mol. The maximum Gasteiger partial charge on any atom is 0.253 e. The van der Waals surface area contributed by atoms with Crippen molar-refractivity contribution < 1.29 is 18.7 Å². The number of fused-ring (bicyclic) bond motifs is 1. The minimum absolute atomic E-state index is 0.0200. The van der Waals surface area contributed by atoms with Gasteiger partial charge in [0, 0.05) is 75.0 Å². The van der Waals surface area contributed by atoms with Gasteiger partial charge < -0.3 is 19.5 Å².